The van der Waals surface area contributed by atoms with E-state index in [-0.39, 0.29) is 47.7 Å². The normalized spacial score (nSPS) is 14.8. The van der Waals surface area contributed by atoms with Gasteiger partial charge in [0.25, 0.3) is 0 Å². The minimum atomic E-state index is -3.55. The summed E-state index contributed by atoms with van der Waals surface area (Å²) in [6.07, 6.45) is 0.372. The summed E-state index contributed by atoms with van der Waals surface area (Å²) in [5, 5.41) is 6.63. The number of carbonyl (C=O) groups excluding carboxylic acids is 1. The highest BCUT2D eigenvalue weighted by atomic mass is 32.2. The van der Waals surface area contributed by atoms with Gasteiger partial charge in [0, 0.05) is 38.0 Å². The Morgan fingerprint density at radius 3 is 2.59 bits per heavy atom. The highest BCUT2D eigenvalue weighted by Crippen LogP contribution is 2.20. The van der Waals surface area contributed by atoms with Gasteiger partial charge >= 0.3 is 0 Å². The van der Waals surface area contributed by atoms with Gasteiger partial charge in [-0.1, -0.05) is 29.4 Å². The zero-order valence-corrected chi connectivity index (χ0v) is 19.5. The Bertz CT molecular complexity index is 1250. The second-order valence-corrected chi connectivity index (χ2v) is 9.85. The third-order valence-electron chi connectivity index (χ3n) is 5.48. The first-order valence-electron chi connectivity index (χ1n) is 10.9. The Balaban J connectivity index is 1.26. The van der Waals surface area contributed by atoms with Gasteiger partial charge in [-0.15, -0.1) is 0 Å². The fourth-order valence-electron chi connectivity index (χ4n) is 3.43. The Kier molecular flexibility index (Phi) is 7.35. The molecular weight excluding hydrogens is 463 g/mol. The van der Waals surface area contributed by atoms with Crippen LogP contribution in [0.15, 0.2) is 51.9 Å². The van der Waals surface area contributed by atoms with Gasteiger partial charge in [-0.05, 0) is 36.2 Å². The molecule has 1 saturated heterocycles. The minimum absolute atomic E-state index is 0.132. The van der Waals surface area contributed by atoms with Crippen LogP contribution in [0.5, 0.6) is 0 Å². The van der Waals surface area contributed by atoms with E-state index in [1.807, 2.05) is 0 Å². The first-order chi connectivity index (χ1) is 16.3. The molecular formula is C23H25FN4O5S. The van der Waals surface area contributed by atoms with Gasteiger partial charge in [0.05, 0.1) is 18.1 Å². The van der Waals surface area contributed by atoms with Gasteiger partial charge in [0.1, 0.15) is 5.82 Å². The highest BCUT2D eigenvalue weighted by Gasteiger charge is 2.26. The van der Waals surface area contributed by atoms with Crippen molar-refractivity contribution < 1.29 is 26.9 Å². The Labute approximate surface area is 197 Å². The van der Waals surface area contributed by atoms with Gasteiger partial charge in [-0.25, -0.2) is 12.8 Å². The van der Waals surface area contributed by atoms with Crippen LogP contribution in [0.25, 0.3) is 11.4 Å². The van der Waals surface area contributed by atoms with Crippen LogP contribution in [0.2, 0.25) is 0 Å². The van der Waals surface area contributed by atoms with Crippen LogP contribution in [0.4, 0.5) is 4.39 Å². The second-order valence-electron chi connectivity index (χ2n) is 7.91. The predicted molar refractivity (Wildman–Crippen MR) is 121 cm³/mol. The summed E-state index contributed by atoms with van der Waals surface area (Å²) in [5.41, 5.74) is 1.80. The fraction of sp³-hybridized carbons (Fsp3) is 0.348. The van der Waals surface area contributed by atoms with Crippen LogP contribution in [-0.2, 0) is 32.5 Å². The lowest BCUT2D eigenvalue weighted by molar-refractivity contribution is -0.121. The maximum absolute atomic E-state index is 13.7. The predicted octanol–water partition coefficient (Wildman–Crippen LogP) is 2.45. The van der Waals surface area contributed by atoms with Crippen molar-refractivity contribution in [1.29, 1.82) is 0 Å². The van der Waals surface area contributed by atoms with Crippen molar-refractivity contribution in [3.8, 4) is 11.4 Å². The number of hydrogen-bond acceptors (Lipinski definition) is 7. The molecule has 0 aliphatic carbocycles. The van der Waals surface area contributed by atoms with Crippen LogP contribution < -0.4 is 5.32 Å². The molecule has 1 aromatic heterocycles. The van der Waals surface area contributed by atoms with Gasteiger partial charge < -0.3 is 14.6 Å². The smallest absolute Gasteiger partial charge is 0.243 e. The summed E-state index contributed by atoms with van der Waals surface area (Å²) in [5.74, 6) is -0.0219. The standard InChI is InChI=1S/C23H25FN4O5S/c1-16-2-5-18(14-20(16)24)23-26-22(33-27-23)9-8-21(29)25-15-17-3-6-19(7-4-17)34(30,31)28-10-12-32-13-11-28/h2-7,14H,8-13,15H2,1H3,(H,25,29). The monoisotopic (exact) mass is 488 g/mol. The van der Waals surface area contributed by atoms with Crippen molar-refractivity contribution in [3.63, 3.8) is 0 Å². The lowest BCUT2D eigenvalue weighted by Gasteiger charge is -2.26. The Morgan fingerprint density at radius 2 is 1.88 bits per heavy atom. The van der Waals surface area contributed by atoms with E-state index < -0.39 is 10.0 Å². The van der Waals surface area contributed by atoms with E-state index in [1.165, 1.54) is 10.4 Å². The number of aromatic nitrogens is 2. The summed E-state index contributed by atoms with van der Waals surface area (Å²) < 4.78 is 50.9. The molecule has 2 heterocycles. The summed E-state index contributed by atoms with van der Waals surface area (Å²) in [7, 11) is -3.55. The lowest BCUT2D eigenvalue weighted by Crippen LogP contribution is -2.40. The van der Waals surface area contributed by atoms with E-state index in [0.29, 0.717) is 37.4 Å². The molecule has 0 radical (unpaired) electrons. The van der Waals surface area contributed by atoms with Crippen LogP contribution in [0.1, 0.15) is 23.4 Å². The van der Waals surface area contributed by atoms with Gasteiger partial charge in [0.2, 0.25) is 27.6 Å². The van der Waals surface area contributed by atoms with Crippen molar-refractivity contribution in [3.05, 3.63) is 65.3 Å². The average Bonchev–Trinajstić information content (AvgIpc) is 3.33. The molecule has 0 saturated carbocycles. The maximum atomic E-state index is 13.7. The van der Waals surface area contributed by atoms with E-state index in [1.54, 1.807) is 43.3 Å². The number of ether oxygens (including phenoxy) is 1. The van der Waals surface area contributed by atoms with Crippen molar-refractivity contribution >= 4 is 15.9 Å². The topological polar surface area (TPSA) is 115 Å². The van der Waals surface area contributed by atoms with Crippen LogP contribution in [-0.4, -0.2) is 55.1 Å². The molecule has 11 heteroatoms. The third kappa shape index (κ3) is 5.66. The molecule has 0 spiro atoms. The quantitative estimate of drug-likeness (QED) is 0.518. The molecule has 0 unspecified atom stereocenters. The largest absolute Gasteiger partial charge is 0.379 e. The molecule has 4 rings (SSSR count). The van der Waals surface area contributed by atoms with Crippen LogP contribution in [0, 0.1) is 12.7 Å². The van der Waals surface area contributed by atoms with E-state index in [2.05, 4.69) is 15.5 Å². The second kappa shape index (κ2) is 10.4. The molecule has 1 fully saturated rings. The molecule has 180 valence electrons. The third-order valence-corrected chi connectivity index (χ3v) is 7.40. The first kappa shape index (κ1) is 24.0. The highest BCUT2D eigenvalue weighted by molar-refractivity contribution is 7.89. The average molecular weight is 489 g/mol. The number of morpholine rings is 1. The number of rotatable bonds is 8. The Morgan fingerprint density at radius 1 is 1.15 bits per heavy atom. The van der Waals surface area contributed by atoms with E-state index in [9.17, 15) is 17.6 Å². The number of aryl methyl sites for hydroxylation is 2. The van der Waals surface area contributed by atoms with Crippen molar-refractivity contribution in [2.24, 2.45) is 0 Å². The molecule has 2 aromatic carbocycles. The van der Waals surface area contributed by atoms with Crippen molar-refractivity contribution in [2.45, 2.75) is 31.2 Å². The number of halogens is 1. The summed E-state index contributed by atoms with van der Waals surface area (Å²) >= 11 is 0. The number of sulfonamides is 1. The molecule has 1 aliphatic heterocycles. The molecule has 1 N–H and O–H groups in total. The van der Waals surface area contributed by atoms with Gasteiger partial charge in [-0.3, -0.25) is 4.79 Å². The lowest BCUT2D eigenvalue weighted by atomic mass is 10.1. The number of carbonyl (C=O) groups is 1. The van der Waals surface area contributed by atoms with Crippen LogP contribution in [0.3, 0.4) is 0 Å². The number of nitrogens with one attached hydrogen (secondary N) is 1. The summed E-state index contributed by atoms with van der Waals surface area (Å²) in [6.45, 7) is 3.38. The summed E-state index contributed by atoms with van der Waals surface area (Å²) in [4.78, 5) is 16.6. The molecule has 34 heavy (non-hydrogen) atoms. The number of hydrogen-bond donors (Lipinski definition) is 1. The van der Waals surface area contributed by atoms with E-state index in [0.717, 1.165) is 5.56 Å². The fourth-order valence-corrected chi connectivity index (χ4v) is 4.84. The molecule has 0 bridgehead atoms. The molecule has 9 nitrogen and oxygen atoms in total. The maximum Gasteiger partial charge on any atom is 0.243 e. The zero-order chi connectivity index (χ0) is 24.1. The molecule has 3 aromatic rings. The van der Waals surface area contributed by atoms with E-state index >= 15 is 0 Å². The van der Waals surface area contributed by atoms with Crippen LogP contribution >= 0.6 is 0 Å². The molecule has 1 aliphatic rings. The number of benzene rings is 2. The van der Waals surface area contributed by atoms with Crippen molar-refractivity contribution in [1.82, 2.24) is 19.8 Å². The van der Waals surface area contributed by atoms with E-state index in [4.69, 9.17) is 9.26 Å². The SMILES string of the molecule is Cc1ccc(-c2noc(CCC(=O)NCc3ccc(S(=O)(=O)N4CCOCC4)cc3)n2)cc1F. The summed E-state index contributed by atoms with van der Waals surface area (Å²) in [6, 6.07) is 11.1. The Hall–Kier alpha value is -3.15. The minimum Gasteiger partial charge on any atom is -0.379 e. The van der Waals surface area contributed by atoms with Gasteiger partial charge in [0.15, 0.2) is 0 Å². The molecule has 0 atom stereocenters. The number of nitrogens with zero attached hydrogens (tertiary/aromatic N) is 3. The number of amides is 1. The van der Waals surface area contributed by atoms with Crippen molar-refractivity contribution in [2.75, 3.05) is 26.3 Å². The zero-order valence-electron chi connectivity index (χ0n) is 18.7. The first-order valence-corrected chi connectivity index (χ1v) is 12.3. The van der Waals surface area contributed by atoms with Gasteiger partial charge in [-0.2, -0.15) is 9.29 Å². The molecule has 1 amide bonds.